The summed E-state index contributed by atoms with van der Waals surface area (Å²) in [5, 5.41) is 0. The highest BCUT2D eigenvalue weighted by atomic mass is 32.2. The van der Waals surface area contributed by atoms with E-state index in [0.717, 1.165) is 24.8 Å². The first-order valence-electron chi connectivity index (χ1n) is 7.73. The van der Waals surface area contributed by atoms with Crippen LogP contribution in [0.3, 0.4) is 0 Å². The zero-order valence-electron chi connectivity index (χ0n) is 13.3. The molecule has 0 aromatic heterocycles. The Labute approximate surface area is 138 Å². The Morgan fingerprint density at radius 3 is 2.52 bits per heavy atom. The SMILES string of the molecule is Cc1ccc(S(=O)(=O)OCC#CCCCCC2OCCO2)cc1. The van der Waals surface area contributed by atoms with Crippen LogP contribution in [0.2, 0.25) is 0 Å². The van der Waals surface area contributed by atoms with Crippen LogP contribution in [0.25, 0.3) is 0 Å². The normalized spacial score (nSPS) is 15.3. The largest absolute Gasteiger partial charge is 0.350 e. The first-order valence-corrected chi connectivity index (χ1v) is 9.14. The van der Waals surface area contributed by atoms with Crippen molar-refractivity contribution in [1.29, 1.82) is 0 Å². The quantitative estimate of drug-likeness (QED) is 0.434. The van der Waals surface area contributed by atoms with Gasteiger partial charge < -0.3 is 9.47 Å². The molecule has 2 rings (SSSR count). The van der Waals surface area contributed by atoms with Crippen LogP contribution in [0, 0.1) is 18.8 Å². The smallest absolute Gasteiger partial charge is 0.297 e. The molecule has 126 valence electrons. The van der Waals surface area contributed by atoms with E-state index in [4.69, 9.17) is 13.7 Å². The van der Waals surface area contributed by atoms with Crippen LogP contribution in [0.5, 0.6) is 0 Å². The average molecular weight is 338 g/mol. The average Bonchev–Trinajstić information content (AvgIpc) is 3.03. The molecule has 1 fully saturated rings. The van der Waals surface area contributed by atoms with Crippen molar-refractivity contribution < 1.29 is 22.1 Å². The summed E-state index contributed by atoms with van der Waals surface area (Å²) in [5.41, 5.74) is 0.997. The van der Waals surface area contributed by atoms with Gasteiger partial charge in [-0.25, -0.2) is 0 Å². The van der Waals surface area contributed by atoms with Crippen molar-refractivity contribution in [3.8, 4) is 11.8 Å². The third-order valence-electron chi connectivity index (χ3n) is 3.40. The molecule has 0 saturated carbocycles. The maximum atomic E-state index is 11.9. The topological polar surface area (TPSA) is 61.8 Å². The second-order valence-corrected chi connectivity index (χ2v) is 6.92. The van der Waals surface area contributed by atoms with Gasteiger partial charge in [0, 0.05) is 6.42 Å². The molecule has 0 aliphatic carbocycles. The zero-order chi connectivity index (χ0) is 16.5. The molecule has 1 aliphatic heterocycles. The van der Waals surface area contributed by atoms with E-state index in [2.05, 4.69) is 11.8 Å². The summed E-state index contributed by atoms with van der Waals surface area (Å²) in [6.45, 7) is 3.13. The van der Waals surface area contributed by atoms with Crippen LogP contribution >= 0.6 is 0 Å². The van der Waals surface area contributed by atoms with Crippen molar-refractivity contribution in [3.05, 3.63) is 29.8 Å². The molecular weight excluding hydrogens is 316 g/mol. The van der Waals surface area contributed by atoms with Crippen LogP contribution in [0.4, 0.5) is 0 Å². The Morgan fingerprint density at radius 1 is 1.13 bits per heavy atom. The third-order valence-corrected chi connectivity index (χ3v) is 4.68. The van der Waals surface area contributed by atoms with Crippen molar-refractivity contribution >= 4 is 10.1 Å². The van der Waals surface area contributed by atoms with Gasteiger partial charge in [-0.15, -0.1) is 5.92 Å². The molecule has 0 N–H and O–H groups in total. The molecule has 0 amide bonds. The third kappa shape index (κ3) is 6.32. The number of aryl methyl sites for hydroxylation is 1. The molecule has 0 radical (unpaired) electrons. The van der Waals surface area contributed by atoms with Gasteiger partial charge in [0.2, 0.25) is 0 Å². The molecule has 0 spiro atoms. The van der Waals surface area contributed by atoms with Crippen LogP contribution in [0.15, 0.2) is 29.2 Å². The van der Waals surface area contributed by atoms with Crippen LogP contribution in [-0.2, 0) is 23.8 Å². The molecule has 0 unspecified atom stereocenters. The molecule has 0 bridgehead atoms. The molecule has 1 saturated heterocycles. The van der Waals surface area contributed by atoms with Gasteiger partial charge in [-0.1, -0.05) is 23.6 Å². The fraction of sp³-hybridized carbons (Fsp3) is 0.529. The lowest BCUT2D eigenvalue weighted by atomic mass is 10.2. The van der Waals surface area contributed by atoms with E-state index in [1.165, 1.54) is 12.1 Å². The van der Waals surface area contributed by atoms with Crippen molar-refractivity contribution in [2.24, 2.45) is 0 Å². The van der Waals surface area contributed by atoms with Crippen molar-refractivity contribution in [2.45, 2.75) is 43.8 Å². The van der Waals surface area contributed by atoms with Crippen molar-refractivity contribution in [1.82, 2.24) is 0 Å². The molecule has 0 atom stereocenters. The number of rotatable bonds is 7. The Balaban J connectivity index is 1.63. The number of hydrogen-bond donors (Lipinski definition) is 0. The van der Waals surface area contributed by atoms with E-state index >= 15 is 0 Å². The Morgan fingerprint density at radius 2 is 1.83 bits per heavy atom. The van der Waals surface area contributed by atoms with Gasteiger partial charge in [-0.3, -0.25) is 4.18 Å². The van der Waals surface area contributed by atoms with Gasteiger partial charge in [0.15, 0.2) is 6.29 Å². The van der Waals surface area contributed by atoms with Crippen molar-refractivity contribution in [3.63, 3.8) is 0 Å². The van der Waals surface area contributed by atoms with Gasteiger partial charge in [0.25, 0.3) is 10.1 Å². The number of hydrogen-bond acceptors (Lipinski definition) is 5. The van der Waals surface area contributed by atoms with Crippen molar-refractivity contribution in [2.75, 3.05) is 19.8 Å². The summed E-state index contributed by atoms with van der Waals surface area (Å²) in [6, 6.07) is 6.54. The molecular formula is C17H22O5S. The summed E-state index contributed by atoms with van der Waals surface area (Å²) >= 11 is 0. The van der Waals surface area contributed by atoms with E-state index in [9.17, 15) is 8.42 Å². The highest BCUT2D eigenvalue weighted by Gasteiger charge is 2.15. The lowest BCUT2D eigenvalue weighted by molar-refractivity contribution is -0.0478. The summed E-state index contributed by atoms with van der Waals surface area (Å²) in [5.74, 6) is 5.66. The van der Waals surface area contributed by atoms with Gasteiger partial charge in [0.1, 0.15) is 6.61 Å². The maximum absolute atomic E-state index is 11.9. The molecule has 1 heterocycles. The number of benzene rings is 1. The summed E-state index contributed by atoms with van der Waals surface area (Å²) in [7, 11) is -3.72. The zero-order valence-corrected chi connectivity index (χ0v) is 14.1. The standard InChI is InChI=1S/C17H22O5S/c1-15-8-10-16(11-9-15)23(18,19)22-12-6-4-2-3-5-7-17-20-13-14-21-17/h8-11,17H,2-3,5,7,12-14H2,1H3. The number of ether oxygens (including phenoxy) is 2. The summed E-state index contributed by atoms with van der Waals surface area (Å²) in [4.78, 5) is 0.154. The van der Waals surface area contributed by atoms with Crippen LogP contribution in [0.1, 0.15) is 31.2 Å². The van der Waals surface area contributed by atoms with E-state index < -0.39 is 10.1 Å². The van der Waals surface area contributed by atoms with Crippen LogP contribution in [-0.4, -0.2) is 34.5 Å². The predicted octanol–water partition coefficient (Wildman–Crippen LogP) is 2.64. The lowest BCUT2D eigenvalue weighted by Crippen LogP contribution is -2.06. The fourth-order valence-corrected chi connectivity index (χ4v) is 2.94. The summed E-state index contributed by atoms with van der Waals surface area (Å²) < 4.78 is 39.4. The Bertz CT molecular complexity index is 634. The molecule has 1 aromatic rings. The second-order valence-electron chi connectivity index (χ2n) is 5.30. The molecule has 1 aromatic carbocycles. The molecule has 23 heavy (non-hydrogen) atoms. The first kappa shape index (κ1) is 18.0. The highest BCUT2D eigenvalue weighted by molar-refractivity contribution is 7.86. The maximum Gasteiger partial charge on any atom is 0.297 e. The Kier molecular flexibility index (Phi) is 7.06. The lowest BCUT2D eigenvalue weighted by Gasteiger charge is -2.06. The van der Waals surface area contributed by atoms with Crippen LogP contribution < -0.4 is 0 Å². The second kappa shape index (κ2) is 9.04. The highest BCUT2D eigenvalue weighted by Crippen LogP contribution is 2.13. The molecule has 1 aliphatic rings. The first-order chi connectivity index (χ1) is 11.1. The summed E-state index contributed by atoms with van der Waals surface area (Å²) in [6.07, 6.45) is 3.43. The van der Waals surface area contributed by atoms with E-state index in [-0.39, 0.29) is 17.8 Å². The minimum Gasteiger partial charge on any atom is -0.350 e. The fourth-order valence-electron chi connectivity index (χ4n) is 2.12. The monoisotopic (exact) mass is 338 g/mol. The van der Waals surface area contributed by atoms with Gasteiger partial charge >= 0.3 is 0 Å². The van der Waals surface area contributed by atoms with Gasteiger partial charge in [-0.2, -0.15) is 8.42 Å². The van der Waals surface area contributed by atoms with Gasteiger partial charge in [-0.05, 0) is 38.3 Å². The van der Waals surface area contributed by atoms with E-state index in [1.807, 2.05) is 6.92 Å². The predicted molar refractivity (Wildman–Crippen MR) is 86.3 cm³/mol. The molecule has 6 heteroatoms. The van der Waals surface area contributed by atoms with Gasteiger partial charge in [0.05, 0.1) is 18.1 Å². The van der Waals surface area contributed by atoms with E-state index in [1.54, 1.807) is 12.1 Å². The molecule has 5 nitrogen and oxygen atoms in total. The minimum atomic E-state index is -3.72. The van der Waals surface area contributed by atoms with E-state index in [0.29, 0.717) is 19.6 Å². The number of unbranched alkanes of at least 4 members (excludes halogenated alkanes) is 2. The Hall–Kier alpha value is -1.39. The minimum absolute atomic E-state index is 0.0639.